The van der Waals surface area contributed by atoms with Crippen molar-refractivity contribution in [2.45, 2.75) is 0 Å². The van der Waals surface area contributed by atoms with Gasteiger partial charge in [-0.15, -0.1) is 0 Å². The van der Waals surface area contributed by atoms with Gasteiger partial charge in [-0.3, -0.25) is 0 Å². The molecule has 0 atom stereocenters. The van der Waals surface area contributed by atoms with Gasteiger partial charge in [-0.25, -0.2) is 0 Å². The van der Waals surface area contributed by atoms with Crippen molar-refractivity contribution < 1.29 is 0 Å². The van der Waals surface area contributed by atoms with E-state index in [9.17, 15) is 0 Å². The zero-order chi connectivity index (χ0) is 33.0. The Morgan fingerprint density at radius 3 is 1.14 bits per heavy atom. The molecule has 50 heavy (non-hydrogen) atoms. The van der Waals surface area contributed by atoms with E-state index >= 15 is 0 Å². The minimum Gasteiger partial charge on any atom is -0.0622 e. The van der Waals surface area contributed by atoms with E-state index in [4.69, 9.17) is 0 Å². The van der Waals surface area contributed by atoms with E-state index in [0.29, 0.717) is 0 Å². The van der Waals surface area contributed by atoms with Crippen LogP contribution in [0.25, 0.3) is 98.4 Å². The minimum atomic E-state index is 1.22. The molecule has 0 amide bonds. The molecule has 0 saturated heterocycles. The maximum atomic E-state index is 2.45. The van der Waals surface area contributed by atoms with Crippen LogP contribution in [0.15, 0.2) is 194 Å². The van der Waals surface area contributed by atoms with Gasteiger partial charge in [-0.05, 0) is 111 Å². The molecule has 0 aromatic heterocycles. The lowest BCUT2D eigenvalue weighted by atomic mass is 9.82. The third-order valence-electron chi connectivity index (χ3n) is 10.4. The van der Waals surface area contributed by atoms with Crippen LogP contribution in [0.1, 0.15) is 0 Å². The van der Waals surface area contributed by atoms with Crippen LogP contribution < -0.4 is 0 Å². The average molecular weight is 633 g/mol. The van der Waals surface area contributed by atoms with E-state index < -0.39 is 0 Å². The van der Waals surface area contributed by atoms with Crippen LogP contribution in [0.2, 0.25) is 0 Å². The number of rotatable bonds is 4. The van der Waals surface area contributed by atoms with Crippen LogP contribution >= 0.6 is 0 Å². The summed E-state index contributed by atoms with van der Waals surface area (Å²) in [5, 5.41) is 12.6. The maximum Gasteiger partial charge on any atom is -0.00199 e. The molecule has 10 aromatic rings. The molecule has 232 valence electrons. The highest BCUT2D eigenvalue weighted by Crippen LogP contribution is 2.48. The van der Waals surface area contributed by atoms with Gasteiger partial charge in [0.2, 0.25) is 0 Å². The molecule has 0 N–H and O–H groups in total. The first kappa shape index (κ1) is 28.5. The third kappa shape index (κ3) is 4.54. The highest BCUT2D eigenvalue weighted by atomic mass is 14.2. The van der Waals surface area contributed by atoms with Gasteiger partial charge in [-0.1, -0.05) is 182 Å². The molecule has 0 aliphatic rings. The van der Waals surface area contributed by atoms with E-state index in [-0.39, 0.29) is 0 Å². The summed E-state index contributed by atoms with van der Waals surface area (Å²) >= 11 is 0. The molecule has 0 nitrogen and oxygen atoms in total. The monoisotopic (exact) mass is 632 g/mol. The standard InChI is InChI=1S/C50H32/c1-2-13-33(14-3-1)37-27-29-45-47(31-37)49(43-25-11-19-35-16-5-8-22-40(35)43)46-30-28-38(42-24-10-18-34-15-4-7-21-39(34)42)32-48(46)50(45)44-26-12-20-36-17-6-9-23-41(36)44/h1-32H. The molecule has 10 aromatic carbocycles. The summed E-state index contributed by atoms with van der Waals surface area (Å²) in [4.78, 5) is 0. The largest absolute Gasteiger partial charge is 0.0622 e. The molecule has 0 heteroatoms. The Labute approximate surface area is 291 Å². The van der Waals surface area contributed by atoms with Crippen LogP contribution in [-0.4, -0.2) is 0 Å². The lowest BCUT2D eigenvalue weighted by molar-refractivity contribution is 1.64. The number of hydrogen-bond acceptors (Lipinski definition) is 0. The lowest BCUT2D eigenvalue weighted by Crippen LogP contribution is -1.94. The van der Waals surface area contributed by atoms with Crippen molar-refractivity contribution in [2.75, 3.05) is 0 Å². The summed E-state index contributed by atoms with van der Waals surface area (Å²) < 4.78 is 0. The van der Waals surface area contributed by atoms with Crippen molar-refractivity contribution in [2.24, 2.45) is 0 Å². The normalized spacial score (nSPS) is 11.6. The molecule has 0 bridgehead atoms. The Hall–Kier alpha value is -6.50. The molecule has 0 aliphatic heterocycles. The fourth-order valence-electron chi connectivity index (χ4n) is 8.15. The molecular formula is C50H32. The number of fused-ring (bicyclic) bond motifs is 5. The first-order chi connectivity index (χ1) is 24.8. The molecular weight excluding hydrogens is 601 g/mol. The summed E-state index contributed by atoms with van der Waals surface area (Å²) in [6.07, 6.45) is 0. The van der Waals surface area contributed by atoms with Gasteiger partial charge in [0, 0.05) is 0 Å². The number of hydrogen-bond donors (Lipinski definition) is 0. The van der Waals surface area contributed by atoms with Crippen LogP contribution in [0.4, 0.5) is 0 Å². The van der Waals surface area contributed by atoms with Crippen molar-refractivity contribution in [3.63, 3.8) is 0 Å². The fourth-order valence-corrected chi connectivity index (χ4v) is 8.15. The third-order valence-corrected chi connectivity index (χ3v) is 10.4. The van der Waals surface area contributed by atoms with Crippen molar-refractivity contribution >= 4 is 53.9 Å². The molecule has 0 fully saturated rings. The number of benzene rings is 10. The Morgan fingerprint density at radius 1 is 0.200 bits per heavy atom. The van der Waals surface area contributed by atoms with Gasteiger partial charge in [0.05, 0.1) is 0 Å². The van der Waals surface area contributed by atoms with E-state index in [1.54, 1.807) is 0 Å². The Balaban J connectivity index is 1.41. The molecule has 0 spiro atoms. The second-order valence-electron chi connectivity index (χ2n) is 13.2. The fraction of sp³-hybridized carbons (Fsp3) is 0. The molecule has 0 radical (unpaired) electrons. The zero-order valence-electron chi connectivity index (χ0n) is 27.5. The molecule has 0 aliphatic carbocycles. The Kier molecular flexibility index (Phi) is 6.60. The minimum absolute atomic E-state index is 1.22. The van der Waals surface area contributed by atoms with Crippen molar-refractivity contribution in [3.8, 4) is 44.5 Å². The average Bonchev–Trinajstić information content (AvgIpc) is 3.19. The zero-order valence-corrected chi connectivity index (χ0v) is 27.5. The summed E-state index contributed by atoms with van der Waals surface area (Å²) in [6.45, 7) is 0. The summed E-state index contributed by atoms with van der Waals surface area (Å²) in [5.74, 6) is 0. The predicted molar refractivity (Wildman–Crippen MR) is 216 cm³/mol. The van der Waals surface area contributed by atoms with Gasteiger partial charge >= 0.3 is 0 Å². The van der Waals surface area contributed by atoms with E-state index in [2.05, 4.69) is 194 Å². The quantitative estimate of drug-likeness (QED) is 0.169. The van der Waals surface area contributed by atoms with Gasteiger partial charge in [-0.2, -0.15) is 0 Å². The first-order valence-corrected chi connectivity index (χ1v) is 17.4. The second-order valence-corrected chi connectivity index (χ2v) is 13.2. The van der Waals surface area contributed by atoms with Crippen LogP contribution in [-0.2, 0) is 0 Å². The van der Waals surface area contributed by atoms with Crippen LogP contribution in [0, 0.1) is 0 Å². The van der Waals surface area contributed by atoms with Gasteiger partial charge in [0.25, 0.3) is 0 Å². The maximum absolute atomic E-state index is 2.45. The van der Waals surface area contributed by atoms with Gasteiger partial charge < -0.3 is 0 Å². The lowest BCUT2D eigenvalue weighted by Gasteiger charge is -2.21. The molecule has 0 unspecified atom stereocenters. The summed E-state index contributed by atoms with van der Waals surface area (Å²) in [5.41, 5.74) is 9.97. The topological polar surface area (TPSA) is 0 Å². The highest BCUT2D eigenvalue weighted by molar-refractivity contribution is 6.26. The van der Waals surface area contributed by atoms with Gasteiger partial charge in [0.1, 0.15) is 0 Å². The van der Waals surface area contributed by atoms with Gasteiger partial charge in [0.15, 0.2) is 0 Å². The molecule has 0 heterocycles. The van der Waals surface area contributed by atoms with Crippen molar-refractivity contribution in [1.82, 2.24) is 0 Å². The first-order valence-electron chi connectivity index (χ1n) is 17.4. The highest BCUT2D eigenvalue weighted by Gasteiger charge is 2.21. The second kappa shape index (κ2) is 11.6. The van der Waals surface area contributed by atoms with Crippen molar-refractivity contribution in [3.05, 3.63) is 194 Å². The van der Waals surface area contributed by atoms with Crippen LogP contribution in [0.3, 0.4) is 0 Å². The van der Waals surface area contributed by atoms with Crippen molar-refractivity contribution in [1.29, 1.82) is 0 Å². The molecule has 10 rings (SSSR count). The smallest absolute Gasteiger partial charge is 0.00199 e. The SMILES string of the molecule is c1ccc(-c2ccc3c(-c4cccc5ccccc45)c4cc(-c5cccc6ccccc56)ccc4c(-c4cccc5ccccc45)c3c2)cc1. The van der Waals surface area contributed by atoms with E-state index in [1.807, 2.05) is 0 Å². The van der Waals surface area contributed by atoms with Crippen LogP contribution in [0.5, 0.6) is 0 Å². The summed E-state index contributed by atoms with van der Waals surface area (Å²) in [7, 11) is 0. The summed E-state index contributed by atoms with van der Waals surface area (Å²) in [6, 6.07) is 71.5. The Morgan fingerprint density at radius 2 is 0.600 bits per heavy atom. The predicted octanol–water partition coefficient (Wildman–Crippen LogP) is 14.1. The van der Waals surface area contributed by atoms with E-state index in [1.165, 1.54) is 98.4 Å². The molecule has 0 saturated carbocycles. The Bertz CT molecular complexity index is 2900. The van der Waals surface area contributed by atoms with E-state index in [0.717, 1.165) is 0 Å².